The maximum Gasteiger partial charge on any atom is 0.156 e. The van der Waals surface area contributed by atoms with Crippen LogP contribution in [0.2, 0.25) is 0 Å². The summed E-state index contributed by atoms with van der Waals surface area (Å²) in [5.41, 5.74) is 2.39. The minimum absolute atomic E-state index is 0.136. The number of nitrogens with two attached hydrogens (primary N) is 1. The van der Waals surface area contributed by atoms with Crippen molar-refractivity contribution in [3.8, 4) is 5.75 Å². The number of ketones is 1. The van der Waals surface area contributed by atoms with Crippen LogP contribution < -0.4 is 5.32 Å². The molecule has 150 valence electrons. The number of aromatic hydroxyl groups is 1. The van der Waals surface area contributed by atoms with Crippen LogP contribution in [0.3, 0.4) is 0 Å². The summed E-state index contributed by atoms with van der Waals surface area (Å²) in [7, 11) is 1.00. The molecule has 3 aliphatic rings. The summed E-state index contributed by atoms with van der Waals surface area (Å²) in [6, 6.07) is 6.28. The number of benzene rings is 1. The molecule has 0 aromatic heterocycles. The largest absolute Gasteiger partial charge is 0.508 e. The predicted octanol–water partition coefficient (Wildman–Crippen LogP) is 2.72. The van der Waals surface area contributed by atoms with Crippen molar-refractivity contribution in [2.45, 2.75) is 64.3 Å². The zero-order chi connectivity index (χ0) is 20.0. The minimum atomic E-state index is -0.136. The minimum Gasteiger partial charge on any atom is -0.508 e. The molecule has 3 atom stereocenters. The molecular weight excluding hydrogens is 338 g/mol. The van der Waals surface area contributed by atoms with Gasteiger partial charge < -0.3 is 15.5 Å². The van der Waals surface area contributed by atoms with E-state index in [4.69, 9.17) is 5.11 Å². The number of rotatable bonds is 4. The zero-order valence-corrected chi connectivity index (χ0v) is 17.2. The first-order valence-corrected chi connectivity index (χ1v) is 10.4. The maximum absolute atomic E-state index is 12.2. The summed E-state index contributed by atoms with van der Waals surface area (Å²) >= 11 is 0. The van der Waals surface area contributed by atoms with E-state index in [-0.39, 0.29) is 11.2 Å². The maximum atomic E-state index is 12.2. The van der Waals surface area contributed by atoms with E-state index in [0.29, 0.717) is 24.1 Å². The van der Waals surface area contributed by atoms with Gasteiger partial charge in [-0.2, -0.15) is 0 Å². The summed E-state index contributed by atoms with van der Waals surface area (Å²) in [5, 5.41) is 19.5. The molecule has 0 saturated heterocycles. The van der Waals surface area contributed by atoms with Crippen LogP contribution in [-0.4, -0.2) is 35.7 Å². The smallest absolute Gasteiger partial charge is 0.156 e. The molecule has 2 unspecified atom stereocenters. The van der Waals surface area contributed by atoms with Gasteiger partial charge >= 0.3 is 0 Å². The number of phenolic OH excluding ortho intramolecular Hbond substituents is 1. The third-order valence-electron chi connectivity index (χ3n) is 6.26. The summed E-state index contributed by atoms with van der Waals surface area (Å²) in [4.78, 5) is 12.2. The van der Waals surface area contributed by atoms with Gasteiger partial charge in [-0.15, -0.1) is 0 Å². The molecule has 4 N–H and O–H groups in total. The van der Waals surface area contributed by atoms with Gasteiger partial charge in [0.15, 0.2) is 5.78 Å². The molecule has 4 rings (SSSR count). The van der Waals surface area contributed by atoms with Crippen LogP contribution in [0.1, 0.15) is 57.6 Å². The number of allylic oxidation sites excluding steroid dienone is 1. The van der Waals surface area contributed by atoms with Crippen LogP contribution in [0, 0.1) is 11.8 Å². The number of carbonyl (C=O) groups excluding carboxylic acids is 1. The molecule has 27 heavy (non-hydrogen) atoms. The fraction of sp³-hybridized carbons (Fsp3) is 0.609. The Morgan fingerprint density at radius 2 is 1.93 bits per heavy atom. The average molecular weight is 375 g/mol. The molecule has 0 bridgehead atoms. The molecule has 0 spiro atoms. The highest BCUT2D eigenvalue weighted by molar-refractivity contribution is 5.92. The van der Waals surface area contributed by atoms with Gasteiger partial charge in [-0.3, -0.25) is 4.79 Å². The molecule has 0 heterocycles. The van der Waals surface area contributed by atoms with Gasteiger partial charge in [0.05, 0.1) is 12.6 Å². The molecule has 0 aliphatic heterocycles. The molecule has 1 fully saturated rings. The van der Waals surface area contributed by atoms with Crippen molar-refractivity contribution < 1.29 is 20.3 Å². The fourth-order valence-corrected chi connectivity index (χ4v) is 4.80. The monoisotopic (exact) mass is 374 g/mol. The van der Waals surface area contributed by atoms with E-state index >= 15 is 0 Å². The van der Waals surface area contributed by atoms with E-state index < -0.39 is 0 Å². The van der Waals surface area contributed by atoms with Gasteiger partial charge in [0.2, 0.25) is 0 Å². The lowest BCUT2D eigenvalue weighted by atomic mass is 9.56. The van der Waals surface area contributed by atoms with Crippen LogP contribution in [-0.2, 0) is 16.6 Å². The SMILES string of the molecule is CC.CC[C@]12CC(=O)C=CC1C([NH2+]CC1CC1)Cc1ccc(O)cc12.CO. The van der Waals surface area contributed by atoms with Crippen LogP contribution in [0.5, 0.6) is 5.75 Å². The van der Waals surface area contributed by atoms with Crippen molar-refractivity contribution in [2.75, 3.05) is 13.7 Å². The molecule has 0 radical (unpaired) electrons. The van der Waals surface area contributed by atoms with Crippen molar-refractivity contribution in [1.29, 1.82) is 0 Å². The first kappa shape index (κ1) is 21.6. The lowest BCUT2D eigenvalue weighted by molar-refractivity contribution is -0.698. The highest BCUT2D eigenvalue weighted by Gasteiger charge is 2.50. The Labute approximate surface area is 163 Å². The predicted molar refractivity (Wildman–Crippen MR) is 109 cm³/mol. The number of carbonyl (C=O) groups is 1. The van der Waals surface area contributed by atoms with E-state index in [1.165, 1.54) is 30.5 Å². The number of hydrogen-bond acceptors (Lipinski definition) is 3. The Balaban J connectivity index is 0.000000614. The lowest BCUT2D eigenvalue weighted by Crippen LogP contribution is -2.94. The molecular formula is C23H36NO3+. The van der Waals surface area contributed by atoms with Crippen molar-refractivity contribution in [2.24, 2.45) is 11.8 Å². The summed E-state index contributed by atoms with van der Waals surface area (Å²) in [6.45, 7) is 7.41. The van der Waals surface area contributed by atoms with Crippen LogP contribution in [0.25, 0.3) is 0 Å². The van der Waals surface area contributed by atoms with Crippen LogP contribution in [0.15, 0.2) is 30.4 Å². The topological polar surface area (TPSA) is 74.1 Å². The van der Waals surface area contributed by atoms with E-state index in [1.54, 1.807) is 12.1 Å². The van der Waals surface area contributed by atoms with E-state index in [9.17, 15) is 9.90 Å². The summed E-state index contributed by atoms with van der Waals surface area (Å²) in [6.07, 6.45) is 9.28. The summed E-state index contributed by atoms with van der Waals surface area (Å²) in [5.74, 6) is 1.83. The number of quaternary nitrogens is 1. The van der Waals surface area contributed by atoms with E-state index in [2.05, 4.69) is 24.4 Å². The third-order valence-corrected chi connectivity index (χ3v) is 6.26. The van der Waals surface area contributed by atoms with Crippen LogP contribution >= 0.6 is 0 Å². The van der Waals surface area contributed by atoms with Crippen molar-refractivity contribution in [1.82, 2.24) is 0 Å². The highest BCUT2D eigenvalue weighted by atomic mass is 16.3. The first-order valence-electron chi connectivity index (χ1n) is 10.4. The molecule has 1 aromatic rings. The van der Waals surface area contributed by atoms with Crippen molar-refractivity contribution in [3.63, 3.8) is 0 Å². The Bertz CT molecular complexity index is 666. The van der Waals surface area contributed by atoms with Gasteiger partial charge in [-0.1, -0.05) is 32.9 Å². The van der Waals surface area contributed by atoms with Crippen LogP contribution in [0.4, 0.5) is 0 Å². The number of phenols is 1. The quantitative estimate of drug-likeness (QED) is 0.759. The Morgan fingerprint density at radius 3 is 2.56 bits per heavy atom. The second kappa shape index (κ2) is 9.52. The molecule has 1 aromatic carbocycles. The molecule has 1 saturated carbocycles. The van der Waals surface area contributed by atoms with Crippen molar-refractivity contribution >= 4 is 5.78 Å². The van der Waals surface area contributed by atoms with Gasteiger partial charge in [0.1, 0.15) is 5.75 Å². The summed E-state index contributed by atoms with van der Waals surface area (Å²) < 4.78 is 0. The Hall–Kier alpha value is -1.65. The molecule has 4 nitrogen and oxygen atoms in total. The zero-order valence-electron chi connectivity index (χ0n) is 17.2. The van der Waals surface area contributed by atoms with E-state index in [0.717, 1.165) is 25.9 Å². The molecule has 0 amide bonds. The highest BCUT2D eigenvalue weighted by Crippen LogP contribution is 2.49. The lowest BCUT2D eigenvalue weighted by Gasteiger charge is -2.48. The number of hydrogen-bond donors (Lipinski definition) is 3. The van der Waals surface area contributed by atoms with E-state index in [1.807, 2.05) is 19.9 Å². The first-order chi connectivity index (χ1) is 13.1. The number of aliphatic hydroxyl groups excluding tert-OH is 1. The molecule has 3 aliphatic carbocycles. The number of aliphatic hydroxyl groups is 1. The van der Waals surface area contributed by atoms with Gasteiger partial charge in [-0.05, 0) is 48.6 Å². The van der Waals surface area contributed by atoms with Gasteiger partial charge in [-0.25, -0.2) is 0 Å². The second-order valence-corrected chi connectivity index (χ2v) is 7.66. The normalized spacial score (nSPS) is 28.1. The Kier molecular flexibility index (Phi) is 7.63. The average Bonchev–Trinajstić information content (AvgIpc) is 3.54. The fourth-order valence-electron chi connectivity index (χ4n) is 4.80. The van der Waals surface area contributed by atoms with Crippen molar-refractivity contribution in [3.05, 3.63) is 41.5 Å². The second-order valence-electron chi connectivity index (χ2n) is 7.66. The van der Waals surface area contributed by atoms with Gasteiger partial charge in [0, 0.05) is 37.2 Å². The van der Waals surface area contributed by atoms with Gasteiger partial charge in [0.25, 0.3) is 0 Å². The Morgan fingerprint density at radius 1 is 1.22 bits per heavy atom. The third kappa shape index (κ3) is 4.44. The number of fused-ring (bicyclic) bond motifs is 3. The standard InChI is InChI=1S/C20H25NO2.C2H6.CH4O/c1-2-20-11-16(23)7-8-17(20)19(21-12-13-3-4-13)9-14-5-6-15(22)10-18(14)20;2*1-2/h5-8,10,13,17,19,21-22H,2-4,9,11-12H2,1H3;1-2H3;2H,1H3/p+1/t17?,19?,20-;;/m0../s1. The molecule has 4 heteroatoms.